The van der Waals surface area contributed by atoms with Gasteiger partial charge in [-0.1, -0.05) is 42.5 Å². The Kier molecular flexibility index (Phi) is 2.52. The number of hydrogen-bond donors (Lipinski definition) is 1. The Hall–Kier alpha value is -1.61. The summed E-state index contributed by atoms with van der Waals surface area (Å²) < 4.78 is 0. The van der Waals surface area contributed by atoms with Gasteiger partial charge in [-0.05, 0) is 24.8 Å². The van der Waals surface area contributed by atoms with E-state index in [1.807, 2.05) is 24.3 Å². The number of rotatable bonds is 3. The number of fused-ring (bicyclic) bond motifs is 2. The molecule has 2 bridgehead atoms. The van der Waals surface area contributed by atoms with E-state index < -0.39 is 11.5 Å². The lowest BCUT2D eigenvalue weighted by Gasteiger charge is -2.37. The quantitative estimate of drug-likeness (QED) is 0.829. The van der Waals surface area contributed by atoms with Gasteiger partial charge < -0.3 is 5.11 Å². The Bertz CT molecular complexity index is 496. The first-order valence-corrected chi connectivity index (χ1v) is 6.38. The summed E-state index contributed by atoms with van der Waals surface area (Å²) in [4.78, 5) is 13.8. The fraction of sp³-hybridized carbons (Fsp3) is 0.400. The Morgan fingerprint density at radius 1 is 1.44 bits per heavy atom. The first kappa shape index (κ1) is 11.5. The van der Waals surface area contributed by atoms with Crippen molar-refractivity contribution in [1.82, 2.24) is 4.90 Å². The lowest BCUT2D eigenvalue weighted by Crippen LogP contribution is -2.50. The summed E-state index contributed by atoms with van der Waals surface area (Å²) in [5.74, 6) is -0.325. The van der Waals surface area contributed by atoms with Gasteiger partial charge in [0.2, 0.25) is 0 Å². The van der Waals surface area contributed by atoms with Crippen LogP contribution < -0.4 is 0 Å². The van der Waals surface area contributed by atoms with Crippen molar-refractivity contribution in [3.63, 3.8) is 0 Å². The molecule has 1 aromatic carbocycles. The van der Waals surface area contributed by atoms with E-state index in [1.165, 1.54) is 5.56 Å². The smallest absolute Gasteiger partial charge is 0.328 e. The predicted molar refractivity (Wildman–Crippen MR) is 69.2 cm³/mol. The molecular formula is C15H17NO2. The number of carbonyl (C=O) groups is 1. The predicted octanol–water partition coefficient (Wildman–Crippen LogP) is 2.46. The molecule has 1 N–H and O–H groups in total. The first-order valence-electron chi connectivity index (χ1n) is 6.38. The highest BCUT2D eigenvalue weighted by Crippen LogP contribution is 2.45. The lowest BCUT2D eigenvalue weighted by molar-refractivity contribution is -0.147. The molecule has 3 rings (SSSR count). The number of carboxylic acid groups (broad SMARTS) is 1. The van der Waals surface area contributed by atoms with Crippen molar-refractivity contribution in [3.8, 4) is 0 Å². The number of hydrogen-bond acceptors (Lipinski definition) is 2. The maximum Gasteiger partial charge on any atom is 0.328 e. The minimum atomic E-state index is -0.778. The summed E-state index contributed by atoms with van der Waals surface area (Å²) in [6.45, 7) is 2.94. The van der Waals surface area contributed by atoms with E-state index in [0.717, 1.165) is 13.0 Å². The van der Waals surface area contributed by atoms with E-state index in [1.54, 1.807) is 0 Å². The molecule has 1 aromatic rings. The minimum Gasteiger partial charge on any atom is -0.480 e. The van der Waals surface area contributed by atoms with Gasteiger partial charge in [-0.2, -0.15) is 0 Å². The third-order valence-corrected chi connectivity index (χ3v) is 4.28. The van der Waals surface area contributed by atoms with Crippen LogP contribution in [-0.2, 0) is 4.79 Å². The van der Waals surface area contributed by atoms with Gasteiger partial charge in [-0.3, -0.25) is 4.90 Å². The van der Waals surface area contributed by atoms with Crippen LogP contribution in [0.2, 0.25) is 0 Å². The van der Waals surface area contributed by atoms with Crippen molar-refractivity contribution in [2.75, 3.05) is 6.54 Å². The van der Waals surface area contributed by atoms with Gasteiger partial charge >= 0.3 is 5.97 Å². The maximum absolute atomic E-state index is 11.6. The summed E-state index contributed by atoms with van der Waals surface area (Å²) in [5.41, 5.74) is 0.402. The van der Waals surface area contributed by atoms with Crippen molar-refractivity contribution in [1.29, 1.82) is 0 Å². The highest BCUT2D eigenvalue weighted by molar-refractivity contribution is 5.83. The van der Waals surface area contributed by atoms with Gasteiger partial charge in [0.1, 0.15) is 5.54 Å². The summed E-state index contributed by atoms with van der Waals surface area (Å²) in [6.07, 6.45) is 4.66. The van der Waals surface area contributed by atoms with Crippen molar-refractivity contribution >= 4 is 5.97 Å². The maximum atomic E-state index is 11.6. The molecule has 94 valence electrons. The van der Waals surface area contributed by atoms with Gasteiger partial charge in [0, 0.05) is 12.6 Å². The Morgan fingerprint density at radius 3 is 2.78 bits per heavy atom. The van der Waals surface area contributed by atoms with E-state index in [-0.39, 0.29) is 6.04 Å². The third-order valence-electron chi connectivity index (χ3n) is 4.28. The van der Waals surface area contributed by atoms with E-state index in [2.05, 4.69) is 30.0 Å². The van der Waals surface area contributed by atoms with E-state index >= 15 is 0 Å². The van der Waals surface area contributed by atoms with Gasteiger partial charge in [0.25, 0.3) is 0 Å². The molecule has 0 aromatic heterocycles. The largest absolute Gasteiger partial charge is 0.480 e. The van der Waals surface area contributed by atoms with Crippen LogP contribution in [0.4, 0.5) is 0 Å². The van der Waals surface area contributed by atoms with Crippen molar-refractivity contribution < 1.29 is 9.90 Å². The molecule has 1 heterocycles. The average molecular weight is 243 g/mol. The van der Waals surface area contributed by atoms with E-state index in [9.17, 15) is 9.90 Å². The molecule has 1 fully saturated rings. The number of aliphatic carboxylic acids is 1. The fourth-order valence-corrected chi connectivity index (χ4v) is 3.28. The van der Waals surface area contributed by atoms with Crippen LogP contribution in [-0.4, -0.2) is 28.1 Å². The molecule has 3 heteroatoms. The Morgan fingerprint density at radius 2 is 2.17 bits per heavy atom. The second-order valence-corrected chi connectivity index (χ2v) is 5.29. The monoisotopic (exact) mass is 243 g/mol. The first-order chi connectivity index (χ1) is 8.63. The zero-order chi connectivity index (χ0) is 12.8. The Balaban J connectivity index is 1.94. The minimum absolute atomic E-state index is 0.136. The standard InChI is InChI=1S/C15H17NO2/c1-11(13-5-3-2-4-6-13)16-10-12-7-8-15(16,9-12)14(17)18/h2-8,11-12H,9-10H2,1H3,(H,17,18)/t11-,12+,15-/m1/s1. The lowest BCUT2D eigenvalue weighted by atomic mass is 9.96. The van der Waals surface area contributed by atoms with Gasteiger partial charge in [0.15, 0.2) is 0 Å². The molecule has 1 aliphatic carbocycles. The summed E-state index contributed by atoms with van der Waals surface area (Å²) in [7, 11) is 0. The second kappa shape index (κ2) is 3.95. The highest BCUT2D eigenvalue weighted by Gasteiger charge is 2.54. The number of likely N-dealkylation sites (tertiary alicyclic amines) is 1. The fourth-order valence-electron chi connectivity index (χ4n) is 3.28. The zero-order valence-electron chi connectivity index (χ0n) is 10.4. The topological polar surface area (TPSA) is 40.5 Å². The van der Waals surface area contributed by atoms with Crippen LogP contribution in [0.5, 0.6) is 0 Å². The second-order valence-electron chi connectivity index (χ2n) is 5.29. The summed E-state index contributed by atoms with van der Waals surface area (Å²) in [5, 5.41) is 9.56. The van der Waals surface area contributed by atoms with E-state index in [4.69, 9.17) is 0 Å². The summed E-state index contributed by atoms with van der Waals surface area (Å²) in [6, 6.07) is 10.3. The Labute approximate surface area is 107 Å². The summed E-state index contributed by atoms with van der Waals surface area (Å²) >= 11 is 0. The van der Waals surface area contributed by atoms with Gasteiger partial charge in [-0.15, -0.1) is 0 Å². The molecule has 0 radical (unpaired) electrons. The highest BCUT2D eigenvalue weighted by atomic mass is 16.4. The average Bonchev–Trinajstić information content (AvgIpc) is 2.98. The molecule has 3 atom stereocenters. The number of carboxylic acids is 1. The molecule has 1 aliphatic heterocycles. The van der Waals surface area contributed by atoms with Gasteiger partial charge in [-0.25, -0.2) is 4.79 Å². The molecule has 0 amide bonds. The molecule has 3 nitrogen and oxygen atoms in total. The van der Waals surface area contributed by atoms with E-state index in [0.29, 0.717) is 5.92 Å². The van der Waals surface area contributed by atoms with Crippen LogP contribution in [0.25, 0.3) is 0 Å². The molecule has 0 spiro atoms. The van der Waals surface area contributed by atoms with Crippen LogP contribution >= 0.6 is 0 Å². The van der Waals surface area contributed by atoms with Crippen molar-refractivity contribution in [2.24, 2.45) is 5.92 Å². The number of benzene rings is 1. The van der Waals surface area contributed by atoms with Crippen molar-refractivity contribution in [2.45, 2.75) is 24.9 Å². The molecule has 0 unspecified atom stereocenters. The molecule has 2 aliphatic rings. The van der Waals surface area contributed by atoms with Crippen LogP contribution in [0, 0.1) is 5.92 Å². The van der Waals surface area contributed by atoms with Gasteiger partial charge in [0.05, 0.1) is 0 Å². The third kappa shape index (κ3) is 1.51. The molecule has 18 heavy (non-hydrogen) atoms. The molecule has 1 saturated heterocycles. The molecule has 0 saturated carbocycles. The number of nitrogens with zero attached hydrogens (tertiary/aromatic N) is 1. The van der Waals surface area contributed by atoms with Crippen LogP contribution in [0.1, 0.15) is 24.9 Å². The van der Waals surface area contributed by atoms with Crippen LogP contribution in [0.15, 0.2) is 42.5 Å². The SMILES string of the molecule is C[C@H](c1ccccc1)N1C[C@H]2C=C[C@]1(C(=O)O)C2. The van der Waals surface area contributed by atoms with Crippen molar-refractivity contribution in [3.05, 3.63) is 48.0 Å². The normalized spacial score (nSPS) is 31.7. The zero-order valence-corrected chi connectivity index (χ0v) is 10.4. The van der Waals surface area contributed by atoms with Crippen LogP contribution in [0.3, 0.4) is 0 Å². The molecular weight excluding hydrogens is 226 g/mol.